The topological polar surface area (TPSA) is 55.6 Å². The first-order chi connectivity index (χ1) is 7.42. The highest BCUT2D eigenvalue weighted by atomic mass is 16.6. The Labute approximate surface area is 99.1 Å². The number of rotatable bonds is 1. The van der Waals surface area contributed by atoms with Crippen molar-refractivity contribution < 1.29 is 9.53 Å². The zero-order chi connectivity index (χ0) is 12.8. The average Bonchev–Trinajstić information content (AvgIpc) is 2.66. The molecule has 1 atom stereocenters. The fraction of sp³-hybridized carbons (Fsp3) is 0.917. The maximum Gasteiger partial charge on any atom is 0.410 e. The summed E-state index contributed by atoms with van der Waals surface area (Å²) in [6.07, 6.45) is 0.781. The summed E-state index contributed by atoms with van der Waals surface area (Å²) in [7, 11) is 0. The van der Waals surface area contributed by atoms with E-state index in [1.807, 2.05) is 34.6 Å². The van der Waals surface area contributed by atoms with Crippen LogP contribution in [0.3, 0.4) is 0 Å². The summed E-state index contributed by atoms with van der Waals surface area (Å²) in [5.41, 5.74) is 5.14. The van der Waals surface area contributed by atoms with Gasteiger partial charge in [-0.1, -0.05) is 13.8 Å². The molecule has 0 saturated carbocycles. The van der Waals surface area contributed by atoms with Crippen molar-refractivity contribution in [3.05, 3.63) is 0 Å². The lowest BCUT2D eigenvalue weighted by Gasteiger charge is -2.24. The van der Waals surface area contributed by atoms with Gasteiger partial charge in [-0.15, -0.1) is 0 Å². The van der Waals surface area contributed by atoms with E-state index in [0.29, 0.717) is 12.5 Å². The Morgan fingerprint density at radius 1 is 1.44 bits per heavy atom. The molecule has 1 rings (SSSR count). The van der Waals surface area contributed by atoms with Gasteiger partial charge in [-0.05, 0) is 39.7 Å². The van der Waals surface area contributed by atoms with E-state index in [9.17, 15) is 4.79 Å². The van der Waals surface area contributed by atoms with Crippen molar-refractivity contribution in [3.63, 3.8) is 0 Å². The predicted molar refractivity (Wildman–Crippen MR) is 66.3 cm³/mol. The number of nitrogens with zero attached hydrogens (tertiary/aromatic N) is 1. The van der Waals surface area contributed by atoms with Crippen molar-refractivity contribution in [1.29, 1.82) is 0 Å². The summed E-state index contributed by atoms with van der Waals surface area (Å²) in [5.74, 6) is 0.447. The summed E-state index contributed by atoms with van der Waals surface area (Å²) in [4.78, 5) is 13.3. The Kier molecular flexibility index (Phi) is 6.41. The molecule has 1 fully saturated rings. The van der Waals surface area contributed by atoms with Gasteiger partial charge in [0, 0.05) is 13.1 Å². The number of likely N-dealkylation sites (tertiary alicyclic amines) is 1. The van der Waals surface area contributed by atoms with Crippen molar-refractivity contribution in [2.45, 2.75) is 46.6 Å². The van der Waals surface area contributed by atoms with Crippen molar-refractivity contribution in [1.82, 2.24) is 4.90 Å². The van der Waals surface area contributed by atoms with E-state index >= 15 is 0 Å². The largest absolute Gasteiger partial charge is 0.444 e. The number of hydrogen-bond acceptors (Lipinski definition) is 3. The minimum atomic E-state index is -0.405. The maximum absolute atomic E-state index is 11.6. The van der Waals surface area contributed by atoms with Crippen molar-refractivity contribution >= 4 is 6.09 Å². The zero-order valence-electron chi connectivity index (χ0n) is 11.2. The molecular formula is C12H26N2O2. The van der Waals surface area contributed by atoms with E-state index < -0.39 is 5.60 Å². The highest BCUT2D eigenvalue weighted by Crippen LogP contribution is 2.18. The summed E-state index contributed by atoms with van der Waals surface area (Å²) in [6, 6.07) is 0. The molecule has 1 aliphatic rings. The van der Waals surface area contributed by atoms with Crippen LogP contribution in [-0.4, -0.2) is 36.2 Å². The van der Waals surface area contributed by atoms with Gasteiger partial charge in [-0.3, -0.25) is 0 Å². The summed E-state index contributed by atoms with van der Waals surface area (Å²) < 4.78 is 5.26. The number of ether oxygens (including phenoxy) is 1. The molecule has 1 amide bonds. The first-order valence-corrected chi connectivity index (χ1v) is 6.10. The van der Waals surface area contributed by atoms with Crippen LogP contribution >= 0.6 is 0 Å². The van der Waals surface area contributed by atoms with E-state index in [2.05, 4.69) is 0 Å². The Morgan fingerprint density at radius 2 is 2.00 bits per heavy atom. The first kappa shape index (κ1) is 15.2. The van der Waals surface area contributed by atoms with Crippen molar-refractivity contribution in [2.24, 2.45) is 11.7 Å². The van der Waals surface area contributed by atoms with Crippen LogP contribution in [-0.2, 0) is 4.74 Å². The molecule has 1 unspecified atom stereocenters. The molecule has 4 heteroatoms. The van der Waals surface area contributed by atoms with Crippen molar-refractivity contribution in [3.8, 4) is 0 Å². The Balaban J connectivity index is 0.00000106. The molecule has 2 N–H and O–H groups in total. The van der Waals surface area contributed by atoms with E-state index in [-0.39, 0.29) is 6.09 Å². The molecule has 4 nitrogen and oxygen atoms in total. The van der Waals surface area contributed by atoms with Crippen LogP contribution < -0.4 is 5.73 Å². The lowest BCUT2D eigenvalue weighted by molar-refractivity contribution is 0.0289. The van der Waals surface area contributed by atoms with Crippen LogP contribution in [0.5, 0.6) is 0 Å². The Morgan fingerprint density at radius 3 is 2.38 bits per heavy atom. The average molecular weight is 230 g/mol. The van der Waals surface area contributed by atoms with Gasteiger partial charge in [0.15, 0.2) is 0 Å². The molecule has 16 heavy (non-hydrogen) atoms. The quantitative estimate of drug-likeness (QED) is 0.751. The summed E-state index contributed by atoms with van der Waals surface area (Å²) in [6.45, 7) is 11.8. The second-order valence-electron chi connectivity index (χ2n) is 4.82. The van der Waals surface area contributed by atoms with E-state index in [0.717, 1.165) is 19.5 Å². The number of carbonyl (C=O) groups excluding carboxylic acids is 1. The lowest BCUT2D eigenvalue weighted by Crippen LogP contribution is -2.35. The third-order valence-electron chi connectivity index (χ3n) is 2.27. The SMILES string of the molecule is CC.CC(C)(C)OC(=O)N1CCC(CN)C1. The molecule has 1 aliphatic heterocycles. The molecule has 96 valence electrons. The van der Waals surface area contributed by atoms with Crippen LogP contribution in [0.25, 0.3) is 0 Å². The fourth-order valence-electron chi connectivity index (χ4n) is 1.52. The minimum Gasteiger partial charge on any atom is -0.444 e. The molecule has 0 aromatic carbocycles. The fourth-order valence-corrected chi connectivity index (χ4v) is 1.52. The molecular weight excluding hydrogens is 204 g/mol. The molecule has 0 radical (unpaired) electrons. The van der Waals surface area contributed by atoms with Crippen LogP contribution in [0.15, 0.2) is 0 Å². The zero-order valence-corrected chi connectivity index (χ0v) is 11.2. The van der Waals surface area contributed by atoms with Crippen molar-refractivity contribution in [2.75, 3.05) is 19.6 Å². The smallest absolute Gasteiger partial charge is 0.410 e. The highest BCUT2D eigenvalue weighted by molar-refractivity contribution is 5.68. The molecule has 0 spiro atoms. The van der Waals surface area contributed by atoms with Crippen LogP contribution in [0.4, 0.5) is 4.79 Å². The van der Waals surface area contributed by atoms with Gasteiger partial charge < -0.3 is 15.4 Å². The third-order valence-corrected chi connectivity index (χ3v) is 2.27. The Bertz CT molecular complexity index is 212. The number of amides is 1. The van der Waals surface area contributed by atoms with Gasteiger partial charge in [-0.25, -0.2) is 4.79 Å². The van der Waals surface area contributed by atoms with Gasteiger partial charge in [0.1, 0.15) is 5.60 Å². The molecule has 1 heterocycles. The van der Waals surface area contributed by atoms with Gasteiger partial charge in [-0.2, -0.15) is 0 Å². The maximum atomic E-state index is 11.6. The van der Waals surface area contributed by atoms with E-state index in [1.165, 1.54) is 0 Å². The second-order valence-corrected chi connectivity index (χ2v) is 4.82. The summed E-state index contributed by atoms with van der Waals surface area (Å²) in [5, 5.41) is 0. The monoisotopic (exact) mass is 230 g/mol. The summed E-state index contributed by atoms with van der Waals surface area (Å²) >= 11 is 0. The van der Waals surface area contributed by atoms with Crippen LogP contribution in [0, 0.1) is 5.92 Å². The number of nitrogens with two attached hydrogens (primary N) is 1. The van der Waals surface area contributed by atoms with Crippen LogP contribution in [0.2, 0.25) is 0 Å². The van der Waals surface area contributed by atoms with Crippen LogP contribution in [0.1, 0.15) is 41.0 Å². The van der Waals surface area contributed by atoms with Gasteiger partial charge >= 0.3 is 6.09 Å². The lowest BCUT2D eigenvalue weighted by atomic mass is 10.1. The predicted octanol–water partition coefficient (Wildman–Crippen LogP) is 2.23. The first-order valence-electron chi connectivity index (χ1n) is 6.10. The normalized spacial score (nSPS) is 20.1. The standard InChI is InChI=1S/C10H20N2O2.C2H6/c1-10(2,3)14-9(13)12-5-4-8(6-11)7-12;1-2/h8H,4-7,11H2,1-3H3;1-2H3. The molecule has 0 bridgehead atoms. The molecule has 0 aromatic rings. The second kappa shape index (κ2) is 6.74. The number of hydrogen-bond donors (Lipinski definition) is 1. The van der Waals surface area contributed by atoms with Gasteiger partial charge in [0.25, 0.3) is 0 Å². The third kappa shape index (κ3) is 5.35. The molecule has 0 aliphatic carbocycles. The highest BCUT2D eigenvalue weighted by Gasteiger charge is 2.28. The van der Waals surface area contributed by atoms with Gasteiger partial charge in [0.05, 0.1) is 0 Å². The molecule has 1 saturated heterocycles. The molecule has 0 aromatic heterocycles. The van der Waals surface area contributed by atoms with Gasteiger partial charge in [0.2, 0.25) is 0 Å². The van der Waals surface area contributed by atoms with E-state index in [1.54, 1.807) is 4.90 Å². The van der Waals surface area contributed by atoms with E-state index in [4.69, 9.17) is 10.5 Å². The Hall–Kier alpha value is -0.770. The minimum absolute atomic E-state index is 0.214. The number of carbonyl (C=O) groups is 1.